The molecule has 6 nitrogen and oxygen atoms in total. The molecular formula is C22H21Cl2N3O3. The van der Waals surface area contributed by atoms with E-state index in [1.165, 1.54) is 6.07 Å². The van der Waals surface area contributed by atoms with Gasteiger partial charge in [-0.25, -0.2) is 4.79 Å². The number of rotatable bonds is 5. The second-order valence-electron chi connectivity index (χ2n) is 7.16. The normalized spacial score (nSPS) is 14.8. The average molecular weight is 446 g/mol. The van der Waals surface area contributed by atoms with Crippen LogP contribution >= 0.6 is 23.2 Å². The van der Waals surface area contributed by atoms with Crippen molar-refractivity contribution in [2.75, 3.05) is 44.6 Å². The first kappa shape index (κ1) is 20.7. The van der Waals surface area contributed by atoms with E-state index in [9.17, 15) is 9.59 Å². The first-order valence-electron chi connectivity index (χ1n) is 9.75. The largest absolute Gasteiger partial charge is 0.423 e. The Morgan fingerprint density at radius 1 is 1.00 bits per heavy atom. The molecule has 8 heteroatoms. The van der Waals surface area contributed by atoms with Crippen molar-refractivity contribution in [1.29, 1.82) is 0 Å². The predicted octanol–water partition coefficient (Wildman–Crippen LogP) is 3.97. The minimum atomic E-state index is -0.370. The van der Waals surface area contributed by atoms with Gasteiger partial charge >= 0.3 is 5.63 Å². The number of hydrogen-bond acceptors (Lipinski definition) is 5. The van der Waals surface area contributed by atoms with Gasteiger partial charge in [0.05, 0.1) is 15.7 Å². The molecular weight excluding hydrogens is 425 g/mol. The maximum atomic E-state index is 12.7. The van der Waals surface area contributed by atoms with E-state index in [0.29, 0.717) is 40.8 Å². The first-order valence-corrected chi connectivity index (χ1v) is 10.5. The standard InChI is InChI=1S/C22H21Cl2N3O3/c23-17-6-5-15(13-18(17)24)22(29)27-11-9-26(10-12-27)8-7-25-19-14-21(28)30-20-4-2-1-3-16(19)20/h1-6,13-14,25H,7-12H2. The zero-order valence-electron chi connectivity index (χ0n) is 16.2. The van der Waals surface area contributed by atoms with E-state index in [-0.39, 0.29) is 11.5 Å². The van der Waals surface area contributed by atoms with Crippen LogP contribution in [0.5, 0.6) is 0 Å². The SMILES string of the molecule is O=C(c1ccc(Cl)c(Cl)c1)N1CCN(CCNc2cc(=O)oc3ccccc23)CC1. The number of carbonyl (C=O) groups is 1. The van der Waals surface area contributed by atoms with Gasteiger partial charge in [0.2, 0.25) is 0 Å². The molecule has 1 N–H and O–H groups in total. The molecule has 1 aliphatic heterocycles. The van der Waals surface area contributed by atoms with Crippen molar-refractivity contribution in [3.05, 3.63) is 74.6 Å². The molecule has 2 aromatic carbocycles. The van der Waals surface area contributed by atoms with Crippen LogP contribution in [0.1, 0.15) is 10.4 Å². The number of amides is 1. The fourth-order valence-corrected chi connectivity index (χ4v) is 3.89. The van der Waals surface area contributed by atoms with Crippen LogP contribution in [0.3, 0.4) is 0 Å². The lowest BCUT2D eigenvalue weighted by Crippen LogP contribution is -2.49. The number of fused-ring (bicyclic) bond motifs is 1. The van der Waals surface area contributed by atoms with Crippen LogP contribution in [0.2, 0.25) is 10.0 Å². The smallest absolute Gasteiger partial charge is 0.338 e. The molecule has 0 bridgehead atoms. The molecule has 0 aliphatic carbocycles. The first-order chi connectivity index (χ1) is 14.5. The third kappa shape index (κ3) is 4.61. The molecule has 0 spiro atoms. The number of benzene rings is 2. The van der Waals surface area contributed by atoms with Gasteiger partial charge in [-0.15, -0.1) is 0 Å². The van der Waals surface area contributed by atoms with Crippen molar-refractivity contribution in [3.63, 3.8) is 0 Å². The Balaban J connectivity index is 1.30. The molecule has 156 valence electrons. The molecule has 3 aromatic rings. The summed E-state index contributed by atoms with van der Waals surface area (Å²) >= 11 is 12.0. The lowest BCUT2D eigenvalue weighted by Gasteiger charge is -2.34. The Bertz CT molecular complexity index is 1120. The van der Waals surface area contributed by atoms with E-state index in [1.807, 2.05) is 23.1 Å². The molecule has 1 saturated heterocycles. The number of piperazine rings is 1. The average Bonchev–Trinajstić information content (AvgIpc) is 2.75. The van der Waals surface area contributed by atoms with Gasteiger partial charge in [0.1, 0.15) is 5.58 Å². The number of nitrogens with zero attached hydrogens (tertiary/aromatic N) is 2. The second kappa shape index (κ2) is 9.08. The molecule has 0 radical (unpaired) electrons. The van der Waals surface area contributed by atoms with Crippen molar-refractivity contribution in [2.45, 2.75) is 0 Å². The number of anilines is 1. The van der Waals surface area contributed by atoms with Crippen LogP contribution in [0.15, 0.2) is 57.7 Å². The monoisotopic (exact) mass is 445 g/mol. The van der Waals surface area contributed by atoms with Crippen molar-refractivity contribution in [1.82, 2.24) is 9.80 Å². The van der Waals surface area contributed by atoms with E-state index in [2.05, 4.69) is 10.2 Å². The summed E-state index contributed by atoms with van der Waals surface area (Å²) in [5.41, 5.74) is 1.53. The summed E-state index contributed by atoms with van der Waals surface area (Å²) in [5.74, 6) is -0.0335. The van der Waals surface area contributed by atoms with E-state index in [4.69, 9.17) is 27.6 Å². The number of nitrogens with one attached hydrogen (secondary N) is 1. The Hall–Kier alpha value is -2.54. The molecule has 30 heavy (non-hydrogen) atoms. The predicted molar refractivity (Wildman–Crippen MR) is 120 cm³/mol. The van der Waals surface area contributed by atoms with Crippen LogP contribution in [0.25, 0.3) is 11.0 Å². The van der Waals surface area contributed by atoms with Crippen LogP contribution in [-0.4, -0.2) is 55.0 Å². The highest BCUT2D eigenvalue weighted by atomic mass is 35.5. The molecule has 1 amide bonds. The van der Waals surface area contributed by atoms with Gasteiger partial charge in [0, 0.05) is 56.3 Å². The summed E-state index contributed by atoms with van der Waals surface area (Å²) < 4.78 is 5.22. The summed E-state index contributed by atoms with van der Waals surface area (Å²) in [7, 11) is 0. The maximum absolute atomic E-state index is 12.7. The quantitative estimate of drug-likeness (QED) is 0.601. The van der Waals surface area contributed by atoms with Crippen molar-refractivity contribution in [3.8, 4) is 0 Å². The summed E-state index contributed by atoms with van der Waals surface area (Å²) in [6.07, 6.45) is 0. The third-order valence-corrected chi connectivity index (χ3v) is 5.96. The molecule has 0 saturated carbocycles. The van der Waals surface area contributed by atoms with Crippen molar-refractivity contribution in [2.24, 2.45) is 0 Å². The Morgan fingerprint density at radius 3 is 2.53 bits per heavy atom. The topological polar surface area (TPSA) is 65.8 Å². The second-order valence-corrected chi connectivity index (χ2v) is 7.98. The summed E-state index contributed by atoms with van der Waals surface area (Å²) in [5, 5.41) is 5.04. The zero-order chi connectivity index (χ0) is 21.1. The zero-order valence-corrected chi connectivity index (χ0v) is 17.7. The lowest BCUT2D eigenvalue weighted by molar-refractivity contribution is 0.0642. The fourth-order valence-electron chi connectivity index (χ4n) is 3.59. The van der Waals surface area contributed by atoms with E-state index < -0.39 is 0 Å². The van der Waals surface area contributed by atoms with Crippen molar-refractivity contribution >= 4 is 45.8 Å². The van der Waals surface area contributed by atoms with Crippen LogP contribution < -0.4 is 10.9 Å². The minimum Gasteiger partial charge on any atom is -0.423 e. The Labute approximate surface area is 184 Å². The van der Waals surface area contributed by atoms with E-state index >= 15 is 0 Å². The summed E-state index contributed by atoms with van der Waals surface area (Å²) in [6, 6.07) is 13.9. The van der Waals surface area contributed by atoms with E-state index in [1.54, 1.807) is 24.3 Å². The van der Waals surface area contributed by atoms with Gasteiger partial charge in [-0.1, -0.05) is 35.3 Å². The molecule has 1 aromatic heterocycles. The number of para-hydroxylation sites is 1. The van der Waals surface area contributed by atoms with Gasteiger partial charge in [-0.05, 0) is 30.3 Å². The third-order valence-electron chi connectivity index (χ3n) is 5.22. The van der Waals surface area contributed by atoms with Crippen LogP contribution in [0.4, 0.5) is 5.69 Å². The van der Waals surface area contributed by atoms with Gasteiger partial charge in [-0.3, -0.25) is 9.69 Å². The van der Waals surface area contributed by atoms with Crippen LogP contribution in [-0.2, 0) is 0 Å². The van der Waals surface area contributed by atoms with Crippen molar-refractivity contribution < 1.29 is 9.21 Å². The summed E-state index contributed by atoms with van der Waals surface area (Å²) in [6.45, 7) is 4.37. The number of hydrogen-bond donors (Lipinski definition) is 1. The van der Waals surface area contributed by atoms with Gasteiger partial charge in [-0.2, -0.15) is 0 Å². The fraction of sp³-hybridized carbons (Fsp3) is 0.273. The molecule has 4 rings (SSSR count). The molecule has 0 atom stereocenters. The van der Waals surface area contributed by atoms with Gasteiger partial charge in [0.15, 0.2) is 0 Å². The number of carbonyl (C=O) groups excluding carboxylic acids is 1. The molecule has 1 aliphatic rings. The van der Waals surface area contributed by atoms with Gasteiger partial charge < -0.3 is 14.6 Å². The lowest BCUT2D eigenvalue weighted by atomic mass is 10.2. The highest BCUT2D eigenvalue weighted by molar-refractivity contribution is 6.42. The maximum Gasteiger partial charge on any atom is 0.338 e. The van der Waals surface area contributed by atoms with Gasteiger partial charge in [0.25, 0.3) is 5.91 Å². The number of halogens is 2. The minimum absolute atomic E-state index is 0.0335. The molecule has 2 heterocycles. The highest BCUT2D eigenvalue weighted by Crippen LogP contribution is 2.24. The molecule has 0 unspecified atom stereocenters. The Morgan fingerprint density at radius 2 is 1.77 bits per heavy atom. The Kier molecular flexibility index (Phi) is 6.27. The highest BCUT2D eigenvalue weighted by Gasteiger charge is 2.22. The van der Waals surface area contributed by atoms with Crippen LogP contribution in [0, 0.1) is 0 Å². The molecule has 1 fully saturated rings. The van der Waals surface area contributed by atoms with E-state index in [0.717, 1.165) is 30.7 Å². The summed E-state index contributed by atoms with van der Waals surface area (Å²) in [4.78, 5) is 28.6.